The molecule has 0 aliphatic rings. The molecule has 75 heavy (non-hydrogen) atoms. The van der Waals surface area contributed by atoms with E-state index in [0.29, 0.717) is 12.8 Å². The second kappa shape index (κ2) is 61.6. The zero-order valence-electron chi connectivity index (χ0n) is 48.0. The van der Waals surface area contributed by atoms with Crippen LogP contribution in [0.25, 0.3) is 0 Å². The van der Waals surface area contributed by atoms with Crippen LogP contribution < -0.4 is 0 Å². The Morgan fingerprint density at radius 2 is 0.560 bits per heavy atom. The maximum atomic E-state index is 12.8. The van der Waals surface area contributed by atoms with Gasteiger partial charge in [0.25, 0.3) is 0 Å². The van der Waals surface area contributed by atoms with E-state index >= 15 is 0 Å². The lowest BCUT2D eigenvalue weighted by atomic mass is 10.1. The summed E-state index contributed by atoms with van der Waals surface area (Å²) in [7, 11) is 0. The fourth-order valence-corrected chi connectivity index (χ4v) is 7.51. The number of carbonyl (C=O) groups excluding carboxylic acids is 3. The van der Waals surface area contributed by atoms with Crippen molar-refractivity contribution in [1.82, 2.24) is 0 Å². The van der Waals surface area contributed by atoms with Gasteiger partial charge in [0.1, 0.15) is 13.2 Å². The van der Waals surface area contributed by atoms with Gasteiger partial charge in [0.05, 0.1) is 0 Å². The lowest BCUT2D eigenvalue weighted by molar-refractivity contribution is -0.167. The van der Waals surface area contributed by atoms with Crippen LogP contribution >= 0.6 is 0 Å². The molecule has 1 unspecified atom stereocenters. The summed E-state index contributed by atoms with van der Waals surface area (Å²) in [5, 5.41) is 0. The Morgan fingerprint density at radius 3 is 0.920 bits per heavy atom. The summed E-state index contributed by atoms with van der Waals surface area (Å²) < 4.78 is 16.8. The van der Waals surface area contributed by atoms with Crippen LogP contribution in [-0.2, 0) is 28.6 Å². The normalized spacial score (nSPS) is 13.3. The highest BCUT2D eigenvalue weighted by molar-refractivity contribution is 5.71. The van der Waals surface area contributed by atoms with Crippen molar-refractivity contribution in [3.8, 4) is 0 Å². The minimum atomic E-state index is -0.822. The molecule has 0 saturated heterocycles. The monoisotopic (exact) mass is 1030 g/mol. The molecule has 0 aromatic heterocycles. The standard InChI is InChI=1S/C69H108O6/c1-4-7-10-13-16-19-22-25-27-28-29-30-31-32-33-34-35-36-37-38-39-40-42-44-47-50-53-56-59-62-68(71)74-65-66(64-73-67(70)61-58-55-52-49-46-43-24-21-18-15-12-9-6-3)75-69(72)63-60-57-54-51-48-45-41-26-23-20-17-14-11-8-5-2/h7,10,12,15-17,19-21,24-27,29-30,32-33,35-36,38-39,41-42,44,50,53,66H,4-6,8-9,11,13-14,18,22-23,28,31,34,37,40,43,45-49,51-52,54-65H2,1-3H3/b10-7-,15-12-,19-16-,20-17-,24-21-,27-25-,30-29-,33-32-,36-35-,39-38-,41-26-,44-42-,53-50-. The SMILES string of the molecule is CC/C=C\C/C=C\C/C=C\C/C=C\C/C=C\C/C=C\C/C=C\C/C=C\C/C=C\CCCC(=O)OCC(COC(=O)CCCCCCC/C=C\C/C=C\CCC)OC(=O)CCCCCCC/C=C\C/C=C\CCCCC. The molecule has 0 radical (unpaired) electrons. The van der Waals surface area contributed by atoms with Crippen LogP contribution in [0.15, 0.2) is 158 Å². The third-order valence-corrected chi connectivity index (χ3v) is 12.0. The Bertz CT molecular complexity index is 1710. The topological polar surface area (TPSA) is 78.9 Å². The van der Waals surface area contributed by atoms with Crippen LogP contribution in [0.3, 0.4) is 0 Å². The lowest BCUT2D eigenvalue weighted by Crippen LogP contribution is -2.30. The van der Waals surface area contributed by atoms with E-state index in [0.717, 1.165) is 161 Å². The summed E-state index contributed by atoms with van der Waals surface area (Å²) in [6, 6.07) is 0. The zero-order chi connectivity index (χ0) is 54.3. The van der Waals surface area contributed by atoms with Crippen LogP contribution in [0, 0.1) is 0 Å². The van der Waals surface area contributed by atoms with E-state index in [-0.39, 0.29) is 44.0 Å². The number of esters is 3. The molecule has 0 saturated carbocycles. The molecule has 0 aromatic rings. The number of rotatable bonds is 52. The first-order valence-corrected chi connectivity index (χ1v) is 30.0. The number of allylic oxidation sites excluding steroid dienone is 26. The molecule has 0 fully saturated rings. The number of hydrogen-bond acceptors (Lipinski definition) is 6. The first-order valence-electron chi connectivity index (χ1n) is 30.0. The molecule has 0 aliphatic heterocycles. The van der Waals surface area contributed by atoms with Gasteiger partial charge >= 0.3 is 17.9 Å². The quantitative estimate of drug-likeness (QED) is 0.0261. The van der Waals surface area contributed by atoms with Crippen LogP contribution in [0.1, 0.15) is 239 Å². The predicted molar refractivity (Wildman–Crippen MR) is 325 cm³/mol. The molecule has 0 spiro atoms. The van der Waals surface area contributed by atoms with Crippen molar-refractivity contribution in [2.24, 2.45) is 0 Å². The largest absolute Gasteiger partial charge is 0.462 e. The Balaban J connectivity index is 4.47. The molecule has 0 heterocycles. The van der Waals surface area contributed by atoms with Crippen molar-refractivity contribution in [2.45, 2.75) is 245 Å². The molecule has 6 heteroatoms. The highest BCUT2D eigenvalue weighted by Gasteiger charge is 2.19. The summed E-state index contributed by atoms with van der Waals surface area (Å²) in [5.74, 6) is -1.01. The van der Waals surface area contributed by atoms with Crippen molar-refractivity contribution >= 4 is 17.9 Å². The van der Waals surface area contributed by atoms with E-state index in [1.807, 2.05) is 0 Å². The minimum absolute atomic E-state index is 0.116. The van der Waals surface area contributed by atoms with Crippen LogP contribution in [0.4, 0.5) is 0 Å². The van der Waals surface area contributed by atoms with E-state index in [2.05, 4.69) is 179 Å². The summed E-state index contributed by atoms with van der Waals surface area (Å²) in [5.41, 5.74) is 0. The van der Waals surface area contributed by atoms with Crippen molar-refractivity contribution < 1.29 is 28.6 Å². The van der Waals surface area contributed by atoms with Gasteiger partial charge in [0.15, 0.2) is 6.10 Å². The minimum Gasteiger partial charge on any atom is -0.462 e. The zero-order valence-corrected chi connectivity index (χ0v) is 48.0. The van der Waals surface area contributed by atoms with Gasteiger partial charge in [0.2, 0.25) is 0 Å². The summed E-state index contributed by atoms with van der Waals surface area (Å²) in [4.78, 5) is 38.1. The second-order valence-corrected chi connectivity index (χ2v) is 19.2. The Morgan fingerprint density at radius 1 is 0.280 bits per heavy atom. The molecule has 6 nitrogen and oxygen atoms in total. The van der Waals surface area contributed by atoms with Crippen molar-refractivity contribution in [3.63, 3.8) is 0 Å². The molecule has 0 N–H and O–H groups in total. The molecular formula is C69H108O6. The van der Waals surface area contributed by atoms with Gasteiger partial charge in [-0.25, -0.2) is 0 Å². The van der Waals surface area contributed by atoms with Gasteiger partial charge in [-0.15, -0.1) is 0 Å². The van der Waals surface area contributed by atoms with Crippen molar-refractivity contribution in [2.75, 3.05) is 13.2 Å². The molecule has 420 valence electrons. The second-order valence-electron chi connectivity index (χ2n) is 19.2. The number of unbranched alkanes of at least 4 members (excludes halogenated alkanes) is 15. The van der Waals surface area contributed by atoms with E-state index in [4.69, 9.17) is 14.2 Å². The summed E-state index contributed by atoms with van der Waals surface area (Å²) >= 11 is 0. The maximum absolute atomic E-state index is 12.8. The molecule has 0 amide bonds. The van der Waals surface area contributed by atoms with Gasteiger partial charge in [-0.05, 0) is 141 Å². The summed E-state index contributed by atoms with van der Waals surface area (Å²) in [6.07, 6.45) is 89.6. The van der Waals surface area contributed by atoms with Gasteiger partial charge in [-0.2, -0.15) is 0 Å². The lowest BCUT2D eigenvalue weighted by Gasteiger charge is -2.18. The average Bonchev–Trinajstić information content (AvgIpc) is 3.41. The number of ether oxygens (including phenoxy) is 3. The van der Waals surface area contributed by atoms with Gasteiger partial charge in [-0.1, -0.05) is 237 Å². The van der Waals surface area contributed by atoms with Crippen LogP contribution in [-0.4, -0.2) is 37.2 Å². The summed E-state index contributed by atoms with van der Waals surface area (Å²) in [6.45, 7) is 6.35. The molecular weight excluding hydrogens is 925 g/mol. The van der Waals surface area contributed by atoms with E-state index in [1.54, 1.807) is 0 Å². The molecule has 0 rings (SSSR count). The highest BCUT2D eigenvalue weighted by Crippen LogP contribution is 2.13. The van der Waals surface area contributed by atoms with E-state index < -0.39 is 6.10 Å². The Labute approximate surface area is 460 Å². The molecule has 0 bridgehead atoms. The number of carbonyl (C=O) groups is 3. The van der Waals surface area contributed by atoms with Gasteiger partial charge < -0.3 is 14.2 Å². The first-order chi connectivity index (χ1) is 37.0. The molecule has 0 aromatic carbocycles. The average molecular weight is 1030 g/mol. The molecule has 0 aliphatic carbocycles. The first kappa shape index (κ1) is 70.0. The van der Waals surface area contributed by atoms with Gasteiger partial charge in [-0.3, -0.25) is 14.4 Å². The van der Waals surface area contributed by atoms with Crippen molar-refractivity contribution in [3.05, 3.63) is 158 Å². The number of hydrogen-bond donors (Lipinski definition) is 0. The predicted octanol–water partition coefficient (Wildman–Crippen LogP) is 20.5. The van der Waals surface area contributed by atoms with Crippen LogP contribution in [0.2, 0.25) is 0 Å². The van der Waals surface area contributed by atoms with Gasteiger partial charge in [0, 0.05) is 19.3 Å². The third kappa shape index (κ3) is 59.8. The smallest absolute Gasteiger partial charge is 0.306 e. The fourth-order valence-electron chi connectivity index (χ4n) is 7.51. The van der Waals surface area contributed by atoms with Crippen molar-refractivity contribution in [1.29, 1.82) is 0 Å². The van der Waals surface area contributed by atoms with Crippen LogP contribution in [0.5, 0.6) is 0 Å². The highest BCUT2D eigenvalue weighted by atomic mass is 16.6. The van der Waals surface area contributed by atoms with E-state index in [9.17, 15) is 14.4 Å². The van der Waals surface area contributed by atoms with E-state index in [1.165, 1.54) is 32.1 Å². The maximum Gasteiger partial charge on any atom is 0.306 e. The third-order valence-electron chi connectivity index (χ3n) is 12.0. The Hall–Kier alpha value is -4.97. The fraction of sp³-hybridized carbons (Fsp3) is 0.580. The molecule has 1 atom stereocenters. The Kier molecular flexibility index (Phi) is 57.5.